The van der Waals surface area contributed by atoms with Crippen molar-refractivity contribution in [3.05, 3.63) is 41.1 Å². The Balaban J connectivity index is 1.49. The average Bonchev–Trinajstić information content (AvgIpc) is 3.45. The van der Waals surface area contributed by atoms with Crippen LogP contribution in [0.15, 0.2) is 30.0 Å². The fourth-order valence-electron chi connectivity index (χ4n) is 3.58. The summed E-state index contributed by atoms with van der Waals surface area (Å²) in [5.74, 6) is 1.67. The Morgan fingerprint density at radius 2 is 2.06 bits per heavy atom. The third-order valence-corrected chi connectivity index (χ3v) is 5.46. The number of nitrogens with one attached hydrogen (secondary N) is 3. The summed E-state index contributed by atoms with van der Waals surface area (Å²) < 4.78 is 12.4. The zero-order valence-corrected chi connectivity index (χ0v) is 18.2. The summed E-state index contributed by atoms with van der Waals surface area (Å²) >= 11 is 0. The highest BCUT2D eigenvalue weighted by atomic mass is 16.5. The SMILES string of the molecule is COc1ccc(OC)c(CNc2nc(NC3CC3)n3ncc(/C=C4\CC(=O)NC4=O)c3n2)c1. The van der Waals surface area contributed by atoms with Gasteiger partial charge in [0.05, 0.1) is 26.8 Å². The monoisotopic (exact) mass is 449 g/mol. The normalized spacial score (nSPS) is 16.8. The van der Waals surface area contributed by atoms with E-state index >= 15 is 0 Å². The maximum absolute atomic E-state index is 12.0. The maximum atomic E-state index is 12.0. The highest BCUT2D eigenvalue weighted by Crippen LogP contribution is 2.27. The Bertz CT molecular complexity index is 1280. The summed E-state index contributed by atoms with van der Waals surface area (Å²) in [6.45, 7) is 0.404. The van der Waals surface area contributed by atoms with E-state index in [1.807, 2.05) is 18.2 Å². The fraction of sp³-hybridized carbons (Fsp3) is 0.318. The second-order valence-corrected chi connectivity index (χ2v) is 7.88. The third-order valence-electron chi connectivity index (χ3n) is 5.46. The lowest BCUT2D eigenvalue weighted by molar-refractivity contribution is -0.124. The van der Waals surface area contributed by atoms with Crippen molar-refractivity contribution >= 4 is 35.4 Å². The van der Waals surface area contributed by atoms with Crippen molar-refractivity contribution in [2.75, 3.05) is 24.9 Å². The molecule has 3 heterocycles. The van der Waals surface area contributed by atoms with Crippen LogP contribution >= 0.6 is 0 Å². The number of benzene rings is 1. The van der Waals surface area contributed by atoms with Gasteiger partial charge in [-0.15, -0.1) is 0 Å². The van der Waals surface area contributed by atoms with Gasteiger partial charge in [0.2, 0.25) is 17.8 Å². The molecule has 1 aromatic carbocycles. The van der Waals surface area contributed by atoms with Crippen molar-refractivity contribution in [1.82, 2.24) is 24.9 Å². The molecule has 11 heteroatoms. The van der Waals surface area contributed by atoms with Crippen LogP contribution in [0.5, 0.6) is 11.5 Å². The first kappa shape index (κ1) is 20.7. The number of fused-ring (bicyclic) bond motifs is 1. The molecular weight excluding hydrogens is 426 g/mol. The molecule has 170 valence electrons. The first-order valence-corrected chi connectivity index (χ1v) is 10.6. The van der Waals surface area contributed by atoms with Crippen LogP contribution in [0, 0.1) is 0 Å². The van der Waals surface area contributed by atoms with Gasteiger partial charge in [-0.2, -0.15) is 19.6 Å². The smallest absolute Gasteiger partial charge is 0.254 e. The molecule has 0 bridgehead atoms. The van der Waals surface area contributed by atoms with Crippen molar-refractivity contribution in [2.24, 2.45) is 0 Å². The lowest BCUT2D eigenvalue weighted by Gasteiger charge is -2.13. The molecule has 0 atom stereocenters. The van der Waals surface area contributed by atoms with E-state index in [1.54, 1.807) is 31.0 Å². The van der Waals surface area contributed by atoms with Crippen LogP contribution < -0.4 is 25.4 Å². The lowest BCUT2D eigenvalue weighted by Crippen LogP contribution is -2.19. The van der Waals surface area contributed by atoms with Gasteiger partial charge >= 0.3 is 0 Å². The molecule has 0 unspecified atom stereocenters. The van der Waals surface area contributed by atoms with E-state index in [9.17, 15) is 9.59 Å². The van der Waals surface area contributed by atoms with Crippen molar-refractivity contribution in [3.63, 3.8) is 0 Å². The molecule has 3 N–H and O–H groups in total. The van der Waals surface area contributed by atoms with Crippen LogP contribution in [0.2, 0.25) is 0 Å². The molecule has 2 amide bonds. The van der Waals surface area contributed by atoms with Crippen molar-refractivity contribution < 1.29 is 19.1 Å². The van der Waals surface area contributed by atoms with Gasteiger partial charge in [0, 0.05) is 29.3 Å². The van der Waals surface area contributed by atoms with Gasteiger partial charge in [0.15, 0.2) is 5.65 Å². The van der Waals surface area contributed by atoms with Crippen LogP contribution in [0.1, 0.15) is 30.4 Å². The van der Waals surface area contributed by atoms with Crippen LogP contribution in [0.4, 0.5) is 11.9 Å². The van der Waals surface area contributed by atoms with Crippen LogP contribution in [-0.4, -0.2) is 51.7 Å². The number of aromatic nitrogens is 4. The molecule has 1 saturated carbocycles. The highest BCUT2D eigenvalue weighted by molar-refractivity contribution is 6.15. The fourth-order valence-corrected chi connectivity index (χ4v) is 3.58. The topological polar surface area (TPSA) is 132 Å². The molecule has 2 fully saturated rings. The molecule has 33 heavy (non-hydrogen) atoms. The van der Waals surface area contributed by atoms with Crippen molar-refractivity contribution in [1.29, 1.82) is 0 Å². The Morgan fingerprint density at radius 3 is 2.76 bits per heavy atom. The summed E-state index contributed by atoms with van der Waals surface area (Å²) in [4.78, 5) is 32.8. The van der Waals surface area contributed by atoms with Gasteiger partial charge in [-0.05, 0) is 37.1 Å². The van der Waals surface area contributed by atoms with E-state index < -0.39 is 5.91 Å². The summed E-state index contributed by atoms with van der Waals surface area (Å²) in [6, 6.07) is 5.91. The number of ether oxygens (including phenoxy) is 2. The first-order valence-electron chi connectivity index (χ1n) is 10.6. The number of amides is 2. The zero-order chi connectivity index (χ0) is 22.9. The number of rotatable bonds is 8. The van der Waals surface area contributed by atoms with Gasteiger partial charge in [-0.1, -0.05) is 0 Å². The number of carbonyl (C=O) groups excluding carboxylic acids is 2. The molecule has 2 aromatic heterocycles. The quantitative estimate of drug-likeness (QED) is 0.348. The second-order valence-electron chi connectivity index (χ2n) is 7.88. The number of nitrogens with zero attached hydrogens (tertiary/aromatic N) is 4. The van der Waals surface area contributed by atoms with E-state index in [0.717, 1.165) is 18.4 Å². The molecule has 2 aliphatic rings. The van der Waals surface area contributed by atoms with E-state index in [1.165, 1.54) is 0 Å². The number of hydrogen-bond donors (Lipinski definition) is 3. The van der Waals surface area contributed by atoms with Gasteiger partial charge in [-0.3, -0.25) is 14.9 Å². The standard InChI is InChI=1S/C22H23N7O4/c1-32-16-5-6-17(33-2)13(8-16)10-23-21-27-19-14(7-12-9-18(30)26-20(12)31)11-24-29(19)22(28-21)25-15-3-4-15/h5-8,11,15H,3-4,9-10H2,1-2H3,(H,26,30,31)(H2,23,25,27,28)/b12-7+. The Kier molecular flexibility index (Phi) is 5.29. The summed E-state index contributed by atoms with van der Waals surface area (Å²) in [5.41, 5.74) is 2.40. The minimum atomic E-state index is -0.395. The zero-order valence-electron chi connectivity index (χ0n) is 18.2. The molecule has 1 aliphatic carbocycles. The highest BCUT2D eigenvalue weighted by Gasteiger charge is 2.26. The number of hydrogen-bond acceptors (Lipinski definition) is 9. The Labute approximate surface area is 189 Å². The summed E-state index contributed by atoms with van der Waals surface area (Å²) in [7, 11) is 3.22. The largest absolute Gasteiger partial charge is 0.497 e. The molecular formula is C22H23N7O4. The third kappa shape index (κ3) is 4.29. The predicted octanol–water partition coefficient (Wildman–Crippen LogP) is 1.76. The summed E-state index contributed by atoms with van der Waals surface area (Å²) in [6.07, 6.45) is 5.42. The van der Waals surface area contributed by atoms with Gasteiger partial charge in [-0.25, -0.2) is 0 Å². The molecule has 0 radical (unpaired) electrons. The molecule has 5 rings (SSSR count). The van der Waals surface area contributed by atoms with E-state index in [4.69, 9.17) is 9.47 Å². The average molecular weight is 449 g/mol. The first-order chi connectivity index (χ1) is 16.0. The molecule has 1 aliphatic heterocycles. The molecule has 1 saturated heterocycles. The van der Waals surface area contributed by atoms with Gasteiger partial charge < -0.3 is 20.1 Å². The molecule has 11 nitrogen and oxygen atoms in total. The van der Waals surface area contributed by atoms with Crippen LogP contribution in [0.25, 0.3) is 11.7 Å². The van der Waals surface area contributed by atoms with E-state index in [0.29, 0.717) is 52.8 Å². The van der Waals surface area contributed by atoms with Crippen LogP contribution in [-0.2, 0) is 16.1 Å². The maximum Gasteiger partial charge on any atom is 0.254 e. The minimum Gasteiger partial charge on any atom is -0.497 e. The Morgan fingerprint density at radius 1 is 1.21 bits per heavy atom. The second kappa shape index (κ2) is 8.41. The summed E-state index contributed by atoms with van der Waals surface area (Å²) in [5, 5.41) is 13.3. The van der Waals surface area contributed by atoms with Crippen LogP contribution in [0.3, 0.4) is 0 Å². The van der Waals surface area contributed by atoms with E-state index in [-0.39, 0.29) is 12.3 Å². The number of methoxy groups -OCH3 is 2. The predicted molar refractivity (Wildman–Crippen MR) is 120 cm³/mol. The number of anilines is 2. The van der Waals surface area contributed by atoms with Gasteiger partial charge in [0.1, 0.15) is 11.5 Å². The minimum absolute atomic E-state index is 0.0369. The lowest BCUT2D eigenvalue weighted by atomic mass is 10.1. The van der Waals surface area contributed by atoms with Crippen molar-refractivity contribution in [2.45, 2.75) is 31.8 Å². The molecule has 0 spiro atoms. The number of imide groups is 1. The van der Waals surface area contributed by atoms with Crippen molar-refractivity contribution in [3.8, 4) is 11.5 Å². The number of carbonyl (C=O) groups is 2. The van der Waals surface area contributed by atoms with E-state index in [2.05, 4.69) is 31.0 Å². The van der Waals surface area contributed by atoms with Gasteiger partial charge in [0.25, 0.3) is 5.91 Å². The molecule has 3 aromatic rings. The Hall–Kier alpha value is -4.15.